The van der Waals surface area contributed by atoms with E-state index in [1.165, 1.54) is 11.1 Å². The maximum absolute atomic E-state index is 13.3. The monoisotopic (exact) mass is 478 g/mol. The Hall–Kier alpha value is -2.25. The summed E-state index contributed by atoms with van der Waals surface area (Å²) in [6.45, 7) is 8.65. The third-order valence-electron chi connectivity index (χ3n) is 7.72. The lowest BCUT2D eigenvalue weighted by atomic mass is 9.80. The number of benzene rings is 2. The van der Waals surface area contributed by atoms with Crippen molar-refractivity contribution >= 4 is 5.91 Å². The zero-order valence-corrected chi connectivity index (χ0v) is 20.9. The van der Waals surface area contributed by atoms with Gasteiger partial charge in [0.15, 0.2) is 0 Å². The Morgan fingerprint density at radius 3 is 2.40 bits per heavy atom. The fraction of sp³-hybridized carbons (Fsp3) is 0.552. The number of amides is 1. The summed E-state index contributed by atoms with van der Waals surface area (Å²) in [7, 11) is 0. The second kappa shape index (κ2) is 11.2. The van der Waals surface area contributed by atoms with E-state index in [2.05, 4.69) is 48.2 Å². The van der Waals surface area contributed by atoms with Gasteiger partial charge in [-0.05, 0) is 43.0 Å². The van der Waals surface area contributed by atoms with Crippen LogP contribution in [0.2, 0.25) is 0 Å². The van der Waals surface area contributed by atoms with Gasteiger partial charge in [-0.2, -0.15) is 0 Å². The van der Waals surface area contributed by atoms with Crippen molar-refractivity contribution in [3.05, 3.63) is 71.3 Å². The first-order valence-corrected chi connectivity index (χ1v) is 13.2. The number of piperidine rings is 1. The maximum Gasteiger partial charge on any atom is 0.253 e. The van der Waals surface area contributed by atoms with Crippen molar-refractivity contribution < 1.29 is 19.0 Å². The van der Waals surface area contributed by atoms with Gasteiger partial charge in [0.05, 0.1) is 31.0 Å². The lowest BCUT2D eigenvalue weighted by Gasteiger charge is -2.48. The van der Waals surface area contributed by atoms with E-state index in [-0.39, 0.29) is 23.7 Å². The molecule has 6 heteroatoms. The van der Waals surface area contributed by atoms with Crippen molar-refractivity contribution in [3.63, 3.8) is 0 Å². The Labute approximate surface area is 209 Å². The highest BCUT2D eigenvalue weighted by molar-refractivity contribution is 5.94. The maximum atomic E-state index is 13.3. The minimum Gasteiger partial charge on any atom is -0.379 e. The first-order chi connectivity index (χ1) is 17.1. The van der Waals surface area contributed by atoms with Crippen LogP contribution in [0.1, 0.15) is 60.2 Å². The van der Waals surface area contributed by atoms with Crippen LogP contribution in [0.3, 0.4) is 0 Å². The molecule has 3 heterocycles. The van der Waals surface area contributed by atoms with Crippen molar-refractivity contribution in [2.75, 3.05) is 46.0 Å². The Balaban J connectivity index is 1.20. The van der Waals surface area contributed by atoms with Crippen molar-refractivity contribution in [1.82, 2.24) is 9.80 Å². The fourth-order valence-corrected chi connectivity index (χ4v) is 5.76. The molecule has 0 aliphatic carbocycles. The predicted octanol–water partition coefficient (Wildman–Crippen LogP) is 4.45. The van der Waals surface area contributed by atoms with E-state index >= 15 is 0 Å². The summed E-state index contributed by atoms with van der Waals surface area (Å²) < 4.78 is 18.3. The molecule has 0 saturated carbocycles. The molecule has 5 rings (SSSR count). The van der Waals surface area contributed by atoms with Crippen LogP contribution in [-0.4, -0.2) is 73.4 Å². The molecule has 1 spiro atoms. The molecule has 2 aromatic rings. The molecule has 0 bridgehead atoms. The van der Waals surface area contributed by atoms with Gasteiger partial charge in [0, 0.05) is 57.7 Å². The van der Waals surface area contributed by atoms with Crippen LogP contribution in [0.15, 0.2) is 54.6 Å². The number of nitrogens with zero attached hydrogens (tertiary/aromatic N) is 2. The van der Waals surface area contributed by atoms with E-state index in [0.717, 1.165) is 64.1 Å². The summed E-state index contributed by atoms with van der Waals surface area (Å²) in [6, 6.07) is 18.6. The topological polar surface area (TPSA) is 51.2 Å². The largest absolute Gasteiger partial charge is 0.379 e. The highest BCUT2D eigenvalue weighted by atomic mass is 16.5. The minimum atomic E-state index is -0.225. The van der Waals surface area contributed by atoms with Gasteiger partial charge in [-0.25, -0.2) is 0 Å². The number of morpholine rings is 1. The predicted molar refractivity (Wildman–Crippen MR) is 135 cm³/mol. The van der Waals surface area contributed by atoms with E-state index < -0.39 is 0 Å². The summed E-state index contributed by atoms with van der Waals surface area (Å²) >= 11 is 0. The summed E-state index contributed by atoms with van der Waals surface area (Å²) in [6.07, 6.45) is 3.73. The molecule has 6 nitrogen and oxygen atoms in total. The van der Waals surface area contributed by atoms with E-state index in [1.807, 2.05) is 23.1 Å². The second-order valence-electron chi connectivity index (χ2n) is 10.1. The Kier molecular flexibility index (Phi) is 7.83. The van der Waals surface area contributed by atoms with Gasteiger partial charge < -0.3 is 19.1 Å². The van der Waals surface area contributed by atoms with Gasteiger partial charge in [-0.1, -0.05) is 42.5 Å². The zero-order chi connectivity index (χ0) is 24.1. The third-order valence-corrected chi connectivity index (χ3v) is 7.72. The number of likely N-dealkylation sites (tertiary alicyclic amines) is 1. The van der Waals surface area contributed by atoms with Crippen LogP contribution in [0.5, 0.6) is 0 Å². The van der Waals surface area contributed by atoms with E-state index in [9.17, 15) is 4.79 Å². The summed E-state index contributed by atoms with van der Waals surface area (Å²) in [5.74, 6) is 0.120. The first kappa shape index (κ1) is 24.4. The minimum absolute atomic E-state index is 0.0442. The van der Waals surface area contributed by atoms with Crippen molar-refractivity contribution in [1.29, 1.82) is 0 Å². The molecule has 2 atom stereocenters. The molecular formula is C29H38N2O4. The second-order valence-corrected chi connectivity index (χ2v) is 10.1. The van der Waals surface area contributed by atoms with Gasteiger partial charge in [-0.15, -0.1) is 0 Å². The van der Waals surface area contributed by atoms with Gasteiger partial charge >= 0.3 is 0 Å². The summed E-state index contributed by atoms with van der Waals surface area (Å²) in [5.41, 5.74) is 3.00. The van der Waals surface area contributed by atoms with E-state index in [0.29, 0.717) is 19.7 Å². The SMILES string of the molecule is CCO[C@H]1C[C@@H](c2ccccc2)OC2(CCN(C(=O)c3ccc(CN4CCOCC4)cc3)CC2)C1. The quantitative estimate of drug-likeness (QED) is 0.614. The Morgan fingerprint density at radius 1 is 1.00 bits per heavy atom. The molecule has 188 valence electrons. The summed E-state index contributed by atoms with van der Waals surface area (Å²) in [4.78, 5) is 17.6. The summed E-state index contributed by atoms with van der Waals surface area (Å²) in [5, 5.41) is 0. The molecular weight excluding hydrogens is 440 g/mol. The van der Waals surface area contributed by atoms with Crippen molar-refractivity contribution in [2.45, 2.75) is 57.0 Å². The van der Waals surface area contributed by atoms with Gasteiger partial charge in [0.25, 0.3) is 5.91 Å². The molecule has 3 aliphatic rings. The fourth-order valence-electron chi connectivity index (χ4n) is 5.76. The first-order valence-electron chi connectivity index (χ1n) is 13.2. The number of carbonyl (C=O) groups is 1. The van der Waals surface area contributed by atoms with Crippen LogP contribution in [0, 0.1) is 0 Å². The molecule has 0 radical (unpaired) electrons. The lowest BCUT2D eigenvalue weighted by Crippen LogP contribution is -2.52. The van der Waals surface area contributed by atoms with Crippen LogP contribution in [0.25, 0.3) is 0 Å². The molecule has 0 unspecified atom stereocenters. The number of hydrogen-bond donors (Lipinski definition) is 0. The number of rotatable bonds is 6. The molecule has 3 fully saturated rings. The van der Waals surface area contributed by atoms with Gasteiger partial charge in [0.2, 0.25) is 0 Å². The molecule has 0 N–H and O–H groups in total. The molecule has 1 amide bonds. The van der Waals surface area contributed by atoms with Crippen molar-refractivity contribution in [3.8, 4) is 0 Å². The van der Waals surface area contributed by atoms with E-state index in [1.54, 1.807) is 0 Å². The number of carbonyl (C=O) groups excluding carboxylic acids is 1. The lowest BCUT2D eigenvalue weighted by molar-refractivity contribution is -0.190. The third kappa shape index (κ3) is 5.95. The molecule has 35 heavy (non-hydrogen) atoms. The highest BCUT2D eigenvalue weighted by Gasteiger charge is 2.45. The van der Waals surface area contributed by atoms with Crippen LogP contribution in [-0.2, 0) is 20.8 Å². The normalized spacial score (nSPS) is 25.0. The Bertz CT molecular complexity index is 950. The average Bonchev–Trinajstić information content (AvgIpc) is 2.90. The van der Waals surface area contributed by atoms with Crippen molar-refractivity contribution in [2.24, 2.45) is 0 Å². The van der Waals surface area contributed by atoms with E-state index in [4.69, 9.17) is 14.2 Å². The zero-order valence-electron chi connectivity index (χ0n) is 20.9. The Morgan fingerprint density at radius 2 is 1.71 bits per heavy atom. The van der Waals surface area contributed by atoms with Crippen LogP contribution >= 0.6 is 0 Å². The number of ether oxygens (including phenoxy) is 3. The molecule has 3 aliphatic heterocycles. The van der Waals surface area contributed by atoms with Gasteiger partial charge in [0.1, 0.15) is 0 Å². The van der Waals surface area contributed by atoms with Gasteiger partial charge in [-0.3, -0.25) is 9.69 Å². The molecule has 2 aromatic carbocycles. The molecule has 0 aromatic heterocycles. The smallest absolute Gasteiger partial charge is 0.253 e. The average molecular weight is 479 g/mol. The standard InChI is InChI=1S/C29H38N2O4/c1-2-34-26-20-27(24-6-4-3-5-7-24)35-29(21-26)12-14-31(15-13-29)28(32)25-10-8-23(9-11-25)22-30-16-18-33-19-17-30/h3-11,26-27H,2,12-22H2,1H3/t26-,27-/m0/s1. The highest BCUT2D eigenvalue weighted by Crippen LogP contribution is 2.44. The van der Waals surface area contributed by atoms with Crippen LogP contribution < -0.4 is 0 Å². The molecule has 3 saturated heterocycles. The number of hydrogen-bond acceptors (Lipinski definition) is 5. The van der Waals surface area contributed by atoms with Crippen LogP contribution in [0.4, 0.5) is 0 Å².